The van der Waals surface area contributed by atoms with Crippen molar-refractivity contribution in [1.29, 1.82) is 0 Å². The van der Waals surface area contributed by atoms with E-state index >= 15 is 0 Å². The zero-order valence-corrected chi connectivity index (χ0v) is 14.5. The van der Waals surface area contributed by atoms with E-state index in [-0.39, 0.29) is 34.4 Å². The number of pyridine rings is 1. The summed E-state index contributed by atoms with van der Waals surface area (Å²) in [6.07, 6.45) is 2.86. The van der Waals surface area contributed by atoms with Crippen LogP contribution in [-0.4, -0.2) is 28.0 Å². The predicted octanol–water partition coefficient (Wildman–Crippen LogP) is 3.02. The van der Waals surface area contributed by atoms with Gasteiger partial charge in [-0.3, -0.25) is 14.6 Å². The van der Waals surface area contributed by atoms with Crippen molar-refractivity contribution in [3.8, 4) is 0 Å². The summed E-state index contributed by atoms with van der Waals surface area (Å²) in [6.45, 7) is 0. The van der Waals surface area contributed by atoms with Gasteiger partial charge in [-0.05, 0) is 24.1 Å². The number of carbonyl (C=O) groups excluding carboxylic acids is 1. The van der Waals surface area contributed by atoms with Crippen molar-refractivity contribution in [3.63, 3.8) is 0 Å². The van der Waals surface area contributed by atoms with Crippen LogP contribution in [-0.2, 0) is 11.2 Å². The summed E-state index contributed by atoms with van der Waals surface area (Å²) in [5.74, 6) is -1.53. The van der Waals surface area contributed by atoms with Gasteiger partial charge in [0.25, 0.3) is 5.91 Å². The second-order valence-electron chi connectivity index (χ2n) is 4.78. The molecule has 1 aromatic heterocycles. The van der Waals surface area contributed by atoms with Crippen LogP contribution >= 0.6 is 35.6 Å². The molecule has 0 radical (unpaired) electrons. The molecule has 0 spiro atoms. The molecule has 24 heavy (non-hydrogen) atoms. The second kappa shape index (κ2) is 8.84. The van der Waals surface area contributed by atoms with E-state index in [1.165, 1.54) is 12.4 Å². The maximum absolute atomic E-state index is 12.2. The van der Waals surface area contributed by atoms with Gasteiger partial charge in [-0.25, -0.2) is 0 Å². The lowest BCUT2D eigenvalue weighted by atomic mass is 10.1. The number of rotatable bonds is 5. The molecule has 9 heteroatoms. The molecule has 0 saturated carbocycles. The largest absolute Gasteiger partial charge is 0.480 e. The Balaban J connectivity index is 0.00000288. The SMILES string of the molecule is Cl.NC(Cc1ccc(NC(=O)c2c(Cl)cncc2Cl)cc1)C(=O)O. The van der Waals surface area contributed by atoms with Gasteiger partial charge >= 0.3 is 5.97 Å². The number of nitrogens with one attached hydrogen (secondary N) is 1. The molecule has 2 aromatic rings. The Morgan fingerprint density at radius 3 is 2.21 bits per heavy atom. The quantitative estimate of drug-likeness (QED) is 0.728. The molecular formula is C15H14Cl3N3O3. The Kier molecular flexibility index (Phi) is 7.44. The Morgan fingerprint density at radius 1 is 1.17 bits per heavy atom. The molecule has 1 heterocycles. The van der Waals surface area contributed by atoms with Gasteiger partial charge < -0.3 is 16.2 Å². The average molecular weight is 391 g/mol. The van der Waals surface area contributed by atoms with Gasteiger partial charge in [-0.2, -0.15) is 0 Å². The van der Waals surface area contributed by atoms with Crippen molar-refractivity contribution in [2.75, 3.05) is 5.32 Å². The van der Waals surface area contributed by atoms with Crippen LogP contribution in [0.1, 0.15) is 15.9 Å². The molecule has 0 bridgehead atoms. The highest BCUT2D eigenvalue weighted by Crippen LogP contribution is 2.24. The van der Waals surface area contributed by atoms with Crippen LogP contribution in [0.2, 0.25) is 10.0 Å². The normalized spacial score (nSPS) is 11.3. The van der Waals surface area contributed by atoms with Gasteiger partial charge in [-0.1, -0.05) is 35.3 Å². The molecule has 1 amide bonds. The minimum absolute atomic E-state index is 0. The van der Waals surface area contributed by atoms with Crippen molar-refractivity contribution < 1.29 is 14.7 Å². The predicted molar refractivity (Wildman–Crippen MR) is 95.2 cm³/mol. The van der Waals surface area contributed by atoms with E-state index in [0.29, 0.717) is 5.69 Å². The Hall–Kier alpha value is -1.86. The maximum Gasteiger partial charge on any atom is 0.320 e. The second-order valence-corrected chi connectivity index (χ2v) is 5.59. The molecule has 1 aromatic carbocycles. The van der Waals surface area contributed by atoms with Gasteiger partial charge in [0.1, 0.15) is 6.04 Å². The minimum atomic E-state index is -1.07. The van der Waals surface area contributed by atoms with Gasteiger partial charge in [0, 0.05) is 18.1 Å². The number of nitrogens with zero attached hydrogens (tertiary/aromatic N) is 1. The molecule has 0 aliphatic carbocycles. The third kappa shape index (κ3) is 5.07. The number of aliphatic carboxylic acids is 1. The number of carboxylic acids is 1. The van der Waals surface area contributed by atoms with Crippen molar-refractivity contribution in [2.45, 2.75) is 12.5 Å². The van der Waals surface area contributed by atoms with E-state index in [2.05, 4.69) is 10.3 Å². The number of carboxylic acid groups (broad SMARTS) is 1. The fraction of sp³-hybridized carbons (Fsp3) is 0.133. The zero-order chi connectivity index (χ0) is 17.0. The first-order chi connectivity index (χ1) is 10.9. The van der Waals surface area contributed by atoms with E-state index in [1.807, 2.05) is 0 Å². The molecule has 1 unspecified atom stereocenters. The van der Waals surface area contributed by atoms with Crippen LogP contribution in [0.5, 0.6) is 0 Å². The molecule has 4 N–H and O–H groups in total. The summed E-state index contributed by atoms with van der Waals surface area (Å²) in [6, 6.07) is 5.70. The molecule has 0 saturated heterocycles. The molecule has 0 fully saturated rings. The van der Waals surface area contributed by atoms with E-state index in [4.69, 9.17) is 34.0 Å². The van der Waals surface area contributed by atoms with Crippen molar-refractivity contribution in [3.05, 3.63) is 57.8 Å². The zero-order valence-electron chi connectivity index (χ0n) is 12.2. The van der Waals surface area contributed by atoms with E-state index in [0.717, 1.165) is 5.56 Å². The topological polar surface area (TPSA) is 105 Å². The Labute approximate surface area is 154 Å². The Bertz CT molecular complexity index is 718. The fourth-order valence-electron chi connectivity index (χ4n) is 1.89. The summed E-state index contributed by atoms with van der Waals surface area (Å²) in [4.78, 5) is 26.7. The Morgan fingerprint density at radius 2 is 1.71 bits per heavy atom. The monoisotopic (exact) mass is 389 g/mol. The third-order valence-electron chi connectivity index (χ3n) is 3.07. The van der Waals surface area contributed by atoms with E-state index < -0.39 is 17.9 Å². The molecule has 1 atom stereocenters. The van der Waals surface area contributed by atoms with Crippen molar-refractivity contribution in [2.24, 2.45) is 5.73 Å². The van der Waals surface area contributed by atoms with E-state index in [9.17, 15) is 9.59 Å². The summed E-state index contributed by atoms with van der Waals surface area (Å²) in [5.41, 5.74) is 6.88. The number of hydrogen-bond donors (Lipinski definition) is 3. The number of nitrogens with two attached hydrogens (primary N) is 1. The highest BCUT2D eigenvalue weighted by Gasteiger charge is 2.16. The summed E-state index contributed by atoms with van der Waals surface area (Å²) < 4.78 is 0. The number of amides is 1. The number of aromatic nitrogens is 1. The molecule has 0 aliphatic rings. The summed E-state index contributed by atoms with van der Waals surface area (Å²) in [5, 5.41) is 11.7. The number of halogens is 3. The lowest BCUT2D eigenvalue weighted by Gasteiger charge is -2.10. The fourth-order valence-corrected chi connectivity index (χ4v) is 2.42. The van der Waals surface area contributed by atoms with Gasteiger partial charge in [0.05, 0.1) is 15.6 Å². The van der Waals surface area contributed by atoms with Gasteiger partial charge in [0.15, 0.2) is 0 Å². The summed E-state index contributed by atoms with van der Waals surface area (Å²) >= 11 is 11.9. The van der Waals surface area contributed by atoms with Gasteiger partial charge in [-0.15, -0.1) is 12.4 Å². The highest BCUT2D eigenvalue weighted by molar-refractivity contribution is 6.40. The number of hydrogen-bond acceptors (Lipinski definition) is 4. The number of carbonyl (C=O) groups is 2. The standard InChI is InChI=1S/C15H13Cl2N3O3.ClH/c16-10-6-19-7-11(17)13(10)14(21)20-9-3-1-8(2-4-9)5-12(18)15(22)23;/h1-4,6-7,12H,5,18H2,(H,20,21)(H,22,23);1H. The third-order valence-corrected chi connectivity index (χ3v) is 3.64. The van der Waals surface area contributed by atoms with Crippen LogP contribution in [0.25, 0.3) is 0 Å². The average Bonchev–Trinajstić information content (AvgIpc) is 2.49. The maximum atomic E-state index is 12.2. The smallest absolute Gasteiger partial charge is 0.320 e. The lowest BCUT2D eigenvalue weighted by molar-refractivity contribution is -0.138. The van der Waals surface area contributed by atoms with Crippen LogP contribution in [0.15, 0.2) is 36.7 Å². The first-order valence-electron chi connectivity index (χ1n) is 6.56. The number of anilines is 1. The highest BCUT2D eigenvalue weighted by atomic mass is 35.5. The van der Waals surface area contributed by atoms with Gasteiger partial charge in [0.2, 0.25) is 0 Å². The lowest BCUT2D eigenvalue weighted by Crippen LogP contribution is -2.32. The van der Waals surface area contributed by atoms with Crippen LogP contribution in [0.3, 0.4) is 0 Å². The van der Waals surface area contributed by atoms with Crippen molar-refractivity contribution >= 4 is 53.2 Å². The van der Waals surface area contributed by atoms with Crippen molar-refractivity contribution in [1.82, 2.24) is 4.98 Å². The summed E-state index contributed by atoms with van der Waals surface area (Å²) in [7, 11) is 0. The minimum Gasteiger partial charge on any atom is -0.480 e. The first kappa shape index (κ1) is 20.2. The van der Waals surface area contributed by atoms with Crippen LogP contribution in [0, 0.1) is 0 Å². The first-order valence-corrected chi connectivity index (χ1v) is 7.31. The van der Waals surface area contributed by atoms with Crippen LogP contribution < -0.4 is 11.1 Å². The molecule has 6 nitrogen and oxygen atoms in total. The van der Waals surface area contributed by atoms with E-state index in [1.54, 1.807) is 24.3 Å². The molecule has 2 rings (SSSR count). The molecule has 0 aliphatic heterocycles. The number of benzene rings is 1. The molecule has 128 valence electrons. The molecular weight excluding hydrogens is 377 g/mol. The van der Waals surface area contributed by atoms with Crippen LogP contribution in [0.4, 0.5) is 5.69 Å².